The molecule has 1 atom stereocenters. The number of hydrogen-bond donors (Lipinski definition) is 2. The molecule has 4 rings (SSSR count). The van der Waals surface area contributed by atoms with E-state index in [4.69, 9.17) is 5.73 Å². The maximum Gasteiger partial charge on any atom is 0.435 e. The Hall–Kier alpha value is -3.94. The summed E-state index contributed by atoms with van der Waals surface area (Å²) in [6.45, 7) is 2.61. The summed E-state index contributed by atoms with van der Waals surface area (Å²) < 4.78 is 80.9. The van der Waals surface area contributed by atoms with Gasteiger partial charge in [0.1, 0.15) is 21.4 Å². The van der Waals surface area contributed by atoms with Crippen LogP contribution in [-0.4, -0.2) is 26.6 Å². The van der Waals surface area contributed by atoms with E-state index in [1.54, 1.807) is 18.2 Å². The third-order valence-electron chi connectivity index (χ3n) is 5.47. The van der Waals surface area contributed by atoms with E-state index in [2.05, 4.69) is 15.4 Å². The Balaban J connectivity index is 1.87. The second-order valence-electron chi connectivity index (χ2n) is 8.05. The topological polar surface area (TPSA) is 103 Å². The molecule has 0 saturated heterocycles. The number of aryl methyl sites for hydroxylation is 1. The molecular weight excluding hydrogens is 524 g/mol. The zero-order valence-corrected chi connectivity index (χ0v) is 19.8. The molecule has 2 amide bonds. The van der Waals surface area contributed by atoms with Gasteiger partial charge < -0.3 is 11.1 Å². The fourth-order valence-electron chi connectivity index (χ4n) is 3.74. The van der Waals surface area contributed by atoms with Crippen molar-refractivity contribution in [2.75, 3.05) is 5.32 Å². The molecule has 0 fully saturated rings. The number of rotatable bonds is 5. The van der Waals surface area contributed by atoms with Crippen LogP contribution >= 0.6 is 11.3 Å². The van der Waals surface area contributed by atoms with Gasteiger partial charge in [-0.25, -0.2) is 4.98 Å². The molecule has 4 aromatic rings. The fourth-order valence-corrected chi connectivity index (χ4v) is 4.75. The molecule has 0 saturated carbocycles. The van der Waals surface area contributed by atoms with Crippen LogP contribution < -0.4 is 11.1 Å². The minimum absolute atomic E-state index is 0.0271. The van der Waals surface area contributed by atoms with Gasteiger partial charge in [-0.2, -0.15) is 31.4 Å². The van der Waals surface area contributed by atoms with E-state index in [0.29, 0.717) is 16.9 Å². The summed E-state index contributed by atoms with van der Waals surface area (Å²) in [4.78, 5) is 28.5. The predicted octanol–water partition coefficient (Wildman–Crippen LogP) is 5.80. The van der Waals surface area contributed by atoms with Crippen LogP contribution in [0.25, 0.3) is 21.3 Å². The number of amides is 2. The summed E-state index contributed by atoms with van der Waals surface area (Å²) in [6, 6.07) is 8.20. The van der Waals surface area contributed by atoms with Gasteiger partial charge in [-0.3, -0.25) is 14.3 Å². The molecule has 1 unspecified atom stereocenters. The third kappa shape index (κ3) is 5.01. The van der Waals surface area contributed by atoms with Gasteiger partial charge in [0, 0.05) is 11.1 Å². The molecule has 37 heavy (non-hydrogen) atoms. The lowest BCUT2D eigenvalue weighted by molar-refractivity contribution is -0.142. The van der Waals surface area contributed by atoms with Gasteiger partial charge in [0.2, 0.25) is 5.91 Å². The molecule has 0 aliphatic rings. The third-order valence-corrected chi connectivity index (χ3v) is 6.57. The van der Waals surface area contributed by atoms with E-state index in [1.807, 2.05) is 0 Å². The fraction of sp³-hybridized carbons (Fsp3) is 0.217. The Labute approximate surface area is 208 Å². The normalized spacial score (nSPS) is 13.1. The average Bonchev–Trinajstić information content (AvgIpc) is 3.39. The number of alkyl halides is 6. The highest BCUT2D eigenvalue weighted by Crippen LogP contribution is 2.44. The standard InChI is InChI=1S/C23H17F6N5O2S/c1-10-8-15(23(27,28)29)33-34(10)11(2)20(36)32-17-16-13(12-6-4-3-5-7-12)9-14(22(24,25)26)31-21(16)37-18(17)19(30)35/h3-9,11H,1-2H3,(H2,30,35)(H,32,36). The molecule has 0 aliphatic carbocycles. The minimum atomic E-state index is -4.81. The smallest absolute Gasteiger partial charge is 0.365 e. The van der Waals surface area contributed by atoms with Crippen molar-refractivity contribution < 1.29 is 35.9 Å². The summed E-state index contributed by atoms with van der Waals surface area (Å²) in [7, 11) is 0. The van der Waals surface area contributed by atoms with E-state index in [0.717, 1.165) is 16.8 Å². The van der Waals surface area contributed by atoms with Crippen molar-refractivity contribution in [1.29, 1.82) is 0 Å². The number of nitrogens with zero attached hydrogens (tertiary/aromatic N) is 3. The highest BCUT2D eigenvalue weighted by molar-refractivity contribution is 7.21. The number of hydrogen-bond acceptors (Lipinski definition) is 5. The van der Waals surface area contributed by atoms with Crippen molar-refractivity contribution in [3.05, 3.63) is 64.4 Å². The minimum Gasteiger partial charge on any atom is -0.365 e. The summed E-state index contributed by atoms with van der Waals surface area (Å²) in [5, 5.41) is 5.96. The summed E-state index contributed by atoms with van der Waals surface area (Å²) in [5.41, 5.74) is 3.27. The molecule has 194 valence electrons. The SMILES string of the molecule is Cc1cc(C(F)(F)F)nn1C(C)C(=O)Nc1c(C(N)=O)sc2nc(C(F)(F)F)cc(-c3ccccc3)c12. The Bertz CT molecular complexity index is 1510. The maximum atomic E-state index is 13.6. The number of anilines is 1. The lowest BCUT2D eigenvalue weighted by Crippen LogP contribution is -2.26. The van der Waals surface area contributed by atoms with Crippen molar-refractivity contribution >= 4 is 39.1 Å². The van der Waals surface area contributed by atoms with E-state index < -0.39 is 41.6 Å². The van der Waals surface area contributed by atoms with Crippen LogP contribution in [0.4, 0.5) is 32.0 Å². The Morgan fingerprint density at radius 3 is 2.19 bits per heavy atom. The Morgan fingerprint density at radius 1 is 1.03 bits per heavy atom. The average molecular weight is 541 g/mol. The molecule has 0 radical (unpaired) electrons. The van der Waals surface area contributed by atoms with Gasteiger partial charge in [-0.15, -0.1) is 11.3 Å². The summed E-state index contributed by atoms with van der Waals surface area (Å²) in [5.74, 6) is -1.91. The first-order valence-corrected chi connectivity index (χ1v) is 11.3. The number of nitrogens with two attached hydrogens (primary N) is 1. The molecule has 0 bridgehead atoms. The van der Waals surface area contributed by atoms with Crippen LogP contribution in [0.2, 0.25) is 0 Å². The Morgan fingerprint density at radius 2 is 1.65 bits per heavy atom. The first-order valence-electron chi connectivity index (χ1n) is 10.5. The molecule has 0 spiro atoms. The van der Waals surface area contributed by atoms with Crippen molar-refractivity contribution in [3.8, 4) is 11.1 Å². The quantitative estimate of drug-likeness (QED) is 0.312. The van der Waals surface area contributed by atoms with Crippen LogP contribution in [0.3, 0.4) is 0 Å². The van der Waals surface area contributed by atoms with Gasteiger partial charge in [0.25, 0.3) is 5.91 Å². The lowest BCUT2D eigenvalue weighted by Gasteiger charge is -2.16. The number of pyridine rings is 1. The number of aromatic nitrogens is 3. The number of benzene rings is 1. The van der Waals surface area contributed by atoms with Crippen LogP contribution in [0.15, 0.2) is 42.5 Å². The lowest BCUT2D eigenvalue weighted by atomic mass is 10.0. The molecule has 14 heteroatoms. The molecule has 3 N–H and O–H groups in total. The van der Waals surface area contributed by atoms with Crippen LogP contribution in [0.5, 0.6) is 0 Å². The predicted molar refractivity (Wildman–Crippen MR) is 124 cm³/mol. The highest BCUT2D eigenvalue weighted by Gasteiger charge is 2.37. The summed E-state index contributed by atoms with van der Waals surface area (Å²) >= 11 is 0.560. The zero-order valence-electron chi connectivity index (χ0n) is 19.0. The van der Waals surface area contributed by atoms with Crippen LogP contribution in [-0.2, 0) is 17.1 Å². The van der Waals surface area contributed by atoms with Gasteiger partial charge >= 0.3 is 12.4 Å². The number of halogens is 6. The van der Waals surface area contributed by atoms with Gasteiger partial charge in [0.15, 0.2) is 5.69 Å². The number of primary amides is 1. The number of nitrogens with one attached hydrogen (secondary N) is 1. The number of thiophene rings is 1. The Kier molecular flexibility index (Phi) is 6.48. The monoisotopic (exact) mass is 541 g/mol. The van der Waals surface area contributed by atoms with Crippen molar-refractivity contribution in [3.63, 3.8) is 0 Å². The van der Waals surface area contributed by atoms with E-state index in [-0.39, 0.29) is 32.0 Å². The largest absolute Gasteiger partial charge is 0.435 e. The number of carbonyl (C=O) groups is 2. The highest BCUT2D eigenvalue weighted by atomic mass is 32.1. The maximum absolute atomic E-state index is 13.6. The molecule has 7 nitrogen and oxygen atoms in total. The van der Waals surface area contributed by atoms with Crippen LogP contribution in [0, 0.1) is 6.92 Å². The molecular formula is C23H17F6N5O2S. The second-order valence-corrected chi connectivity index (χ2v) is 9.05. The number of carbonyl (C=O) groups excluding carboxylic acids is 2. The van der Waals surface area contributed by atoms with Gasteiger partial charge in [-0.05, 0) is 37.1 Å². The van der Waals surface area contributed by atoms with E-state index in [9.17, 15) is 35.9 Å². The van der Waals surface area contributed by atoms with Gasteiger partial charge in [-0.1, -0.05) is 30.3 Å². The first-order chi connectivity index (χ1) is 17.2. The summed E-state index contributed by atoms with van der Waals surface area (Å²) in [6.07, 6.45) is -9.54. The van der Waals surface area contributed by atoms with Crippen molar-refractivity contribution in [1.82, 2.24) is 14.8 Å². The molecule has 3 heterocycles. The van der Waals surface area contributed by atoms with E-state index >= 15 is 0 Å². The second kappa shape index (κ2) is 9.18. The van der Waals surface area contributed by atoms with Crippen LogP contribution in [0.1, 0.15) is 39.7 Å². The van der Waals surface area contributed by atoms with Crippen molar-refractivity contribution in [2.45, 2.75) is 32.2 Å². The molecule has 3 aromatic heterocycles. The zero-order chi connectivity index (χ0) is 27.3. The first kappa shape index (κ1) is 26.1. The van der Waals surface area contributed by atoms with E-state index in [1.165, 1.54) is 26.0 Å². The number of fused-ring (bicyclic) bond motifs is 1. The van der Waals surface area contributed by atoms with Gasteiger partial charge in [0.05, 0.1) is 5.69 Å². The van der Waals surface area contributed by atoms with Crippen molar-refractivity contribution in [2.24, 2.45) is 5.73 Å². The molecule has 1 aromatic carbocycles. The molecule has 0 aliphatic heterocycles.